The normalized spacial score (nSPS) is 10.2. The minimum atomic E-state index is -0.0319. The summed E-state index contributed by atoms with van der Waals surface area (Å²) >= 11 is 7.40. The zero-order valence-corrected chi connectivity index (χ0v) is 12.1. The van der Waals surface area contributed by atoms with Gasteiger partial charge in [-0.25, -0.2) is 0 Å². The van der Waals surface area contributed by atoms with Crippen LogP contribution in [0.1, 0.15) is 5.56 Å². The lowest BCUT2D eigenvalue weighted by atomic mass is 10.2. The van der Waals surface area contributed by atoms with Crippen LogP contribution >= 0.6 is 23.4 Å². The fourth-order valence-corrected chi connectivity index (χ4v) is 2.64. The molecule has 2 aromatic rings. The zero-order chi connectivity index (χ0) is 13.7. The number of carbonyl (C=O) groups is 1. The molecular formula is C15H14ClNOS. The summed E-state index contributed by atoms with van der Waals surface area (Å²) in [7, 11) is 0. The minimum Gasteiger partial charge on any atom is -0.325 e. The predicted molar refractivity (Wildman–Crippen MR) is 82.0 cm³/mol. The van der Waals surface area contributed by atoms with Gasteiger partial charge in [-0.2, -0.15) is 0 Å². The standard InChI is InChI=1S/C15H14ClNOS/c1-11-5-2-3-8-14(11)19-10-15(18)17-13-7-4-6-12(16)9-13/h2-9H,10H2,1H3,(H,17,18). The number of benzene rings is 2. The van der Waals surface area contributed by atoms with Crippen LogP contribution in [0.5, 0.6) is 0 Å². The van der Waals surface area contributed by atoms with E-state index in [1.807, 2.05) is 43.3 Å². The van der Waals surface area contributed by atoms with Gasteiger partial charge in [0.1, 0.15) is 0 Å². The summed E-state index contributed by atoms with van der Waals surface area (Å²) in [5, 5.41) is 3.44. The van der Waals surface area contributed by atoms with Gasteiger partial charge in [0.25, 0.3) is 0 Å². The molecule has 98 valence electrons. The second kappa shape index (κ2) is 6.64. The Bertz CT molecular complexity index is 586. The van der Waals surface area contributed by atoms with Crippen LogP contribution in [0.25, 0.3) is 0 Å². The van der Waals surface area contributed by atoms with Gasteiger partial charge in [-0.05, 0) is 36.8 Å². The molecule has 0 unspecified atom stereocenters. The number of carbonyl (C=O) groups excluding carboxylic acids is 1. The Hall–Kier alpha value is -1.45. The maximum absolute atomic E-state index is 11.8. The molecule has 0 aromatic heterocycles. The average Bonchev–Trinajstić information content (AvgIpc) is 2.38. The Morgan fingerprint density at radius 1 is 1.21 bits per heavy atom. The third kappa shape index (κ3) is 4.30. The SMILES string of the molecule is Cc1ccccc1SCC(=O)Nc1cccc(Cl)c1. The largest absolute Gasteiger partial charge is 0.325 e. The number of amides is 1. The van der Waals surface area contributed by atoms with E-state index in [9.17, 15) is 4.79 Å². The molecule has 0 fully saturated rings. The molecule has 0 radical (unpaired) electrons. The van der Waals surface area contributed by atoms with Crippen LogP contribution in [0.15, 0.2) is 53.4 Å². The average molecular weight is 292 g/mol. The van der Waals surface area contributed by atoms with Gasteiger partial charge >= 0.3 is 0 Å². The van der Waals surface area contributed by atoms with Crippen LogP contribution in [0.4, 0.5) is 5.69 Å². The molecule has 1 amide bonds. The van der Waals surface area contributed by atoms with Crippen LogP contribution in [0.3, 0.4) is 0 Å². The first kappa shape index (κ1) is 14.0. The topological polar surface area (TPSA) is 29.1 Å². The Morgan fingerprint density at radius 3 is 2.74 bits per heavy atom. The first-order valence-electron chi connectivity index (χ1n) is 5.89. The smallest absolute Gasteiger partial charge is 0.234 e. The maximum Gasteiger partial charge on any atom is 0.234 e. The van der Waals surface area contributed by atoms with Crippen molar-refractivity contribution in [3.05, 3.63) is 59.1 Å². The molecule has 0 saturated heterocycles. The van der Waals surface area contributed by atoms with Gasteiger partial charge in [0.05, 0.1) is 5.75 Å². The van der Waals surface area contributed by atoms with E-state index in [0.29, 0.717) is 10.8 Å². The summed E-state index contributed by atoms with van der Waals surface area (Å²) in [5.41, 5.74) is 1.91. The molecule has 0 aliphatic rings. The van der Waals surface area contributed by atoms with Gasteiger partial charge < -0.3 is 5.32 Å². The number of aryl methyl sites for hydroxylation is 1. The monoisotopic (exact) mass is 291 g/mol. The molecule has 4 heteroatoms. The van der Waals surface area contributed by atoms with E-state index in [1.54, 1.807) is 12.1 Å². The number of halogens is 1. The fraction of sp³-hybridized carbons (Fsp3) is 0.133. The molecule has 0 bridgehead atoms. The summed E-state index contributed by atoms with van der Waals surface area (Å²) < 4.78 is 0. The number of hydrogen-bond donors (Lipinski definition) is 1. The third-order valence-electron chi connectivity index (χ3n) is 2.56. The Balaban J connectivity index is 1.90. The van der Waals surface area contributed by atoms with Gasteiger partial charge in [0.2, 0.25) is 5.91 Å². The first-order valence-corrected chi connectivity index (χ1v) is 7.25. The van der Waals surface area contributed by atoms with Crippen molar-refractivity contribution in [3.8, 4) is 0 Å². The minimum absolute atomic E-state index is 0.0319. The molecule has 1 N–H and O–H groups in total. The second-order valence-corrected chi connectivity index (χ2v) is 5.57. The molecule has 19 heavy (non-hydrogen) atoms. The quantitative estimate of drug-likeness (QED) is 0.847. The molecular weight excluding hydrogens is 278 g/mol. The highest BCUT2D eigenvalue weighted by molar-refractivity contribution is 8.00. The lowest BCUT2D eigenvalue weighted by molar-refractivity contribution is -0.113. The number of nitrogens with one attached hydrogen (secondary N) is 1. The van der Waals surface area contributed by atoms with Crippen molar-refractivity contribution >= 4 is 35.0 Å². The molecule has 0 atom stereocenters. The Labute approximate surface area is 122 Å². The van der Waals surface area contributed by atoms with Crippen molar-refractivity contribution in [3.63, 3.8) is 0 Å². The molecule has 0 spiro atoms. The van der Waals surface area contributed by atoms with Gasteiger partial charge in [-0.3, -0.25) is 4.79 Å². The number of hydrogen-bond acceptors (Lipinski definition) is 2. The van der Waals surface area contributed by atoms with Crippen molar-refractivity contribution in [2.45, 2.75) is 11.8 Å². The van der Waals surface area contributed by atoms with E-state index in [2.05, 4.69) is 5.32 Å². The molecule has 2 rings (SSSR count). The lowest BCUT2D eigenvalue weighted by Gasteiger charge is -2.07. The van der Waals surface area contributed by atoms with Crippen molar-refractivity contribution in [1.29, 1.82) is 0 Å². The second-order valence-electron chi connectivity index (χ2n) is 4.11. The highest BCUT2D eigenvalue weighted by atomic mass is 35.5. The molecule has 0 heterocycles. The third-order valence-corrected chi connectivity index (χ3v) is 3.97. The summed E-state index contributed by atoms with van der Waals surface area (Å²) in [6, 6.07) is 15.2. The highest BCUT2D eigenvalue weighted by Crippen LogP contribution is 2.22. The summed E-state index contributed by atoms with van der Waals surface area (Å²) in [6.45, 7) is 2.04. The van der Waals surface area contributed by atoms with Crippen LogP contribution in [-0.2, 0) is 4.79 Å². The van der Waals surface area contributed by atoms with E-state index >= 15 is 0 Å². The Kier molecular flexibility index (Phi) is 4.88. The zero-order valence-electron chi connectivity index (χ0n) is 10.5. The molecule has 0 aliphatic heterocycles. The lowest BCUT2D eigenvalue weighted by Crippen LogP contribution is -2.13. The van der Waals surface area contributed by atoms with Gasteiger partial charge in [0.15, 0.2) is 0 Å². The van der Waals surface area contributed by atoms with E-state index < -0.39 is 0 Å². The predicted octanol–water partition coefficient (Wildman–Crippen LogP) is 4.38. The van der Waals surface area contributed by atoms with E-state index in [-0.39, 0.29) is 5.91 Å². The van der Waals surface area contributed by atoms with Crippen molar-refractivity contribution < 1.29 is 4.79 Å². The van der Waals surface area contributed by atoms with Crippen molar-refractivity contribution in [2.24, 2.45) is 0 Å². The van der Waals surface area contributed by atoms with Gasteiger partial charge in [0, 0.05) is 15.6 Å². The van der Waals surface area contributed by atoms with Gasteiger partial charge in [-0.1, -0.05) is 35.9 Å². The van der Waals surface area contributed by atoms with Crippen LogP contribution in [0.2, 0.25) is 5.02 Å². The number of anilines is 1. The number of thioether (sulfide) groups is 1. The van der Waals surface area contributed by atoms with E-state index in [0.717, 1.165) is 10.6 Å². The van der Waals surface area contributed by atoms with E-state index in [4.69, 9.17) is 11.6 Å². The summed E-state index contributed by atoms with van der Waals surface area (Å²) in [4.78, 5) is 13.0. The van der Waals surface area contributed by atoms with Crippen molar-refractivity contribution in [2.75, 3.05) is 11.1 Å². The fourth-order valence-electron chi connectivity index (χ4n) is 1.62. The van der Waals surface area contributed by atoms with Crippen molar-refractivity contribution in [1.82, 2.24) is 0 Å². The van der Waals surface area contributed by atoms with Crippen LogP contribution in [0, 0.1) is 6.92 Å². The summed E-state index contributed by atoms with van der Waals surface area (Å²) in [5.74, 6) is 0.354. The Morgan fingerprint density at radius 2 is 2.00 bits per heavy atom. The molecule has 0 saturated carbocycles. The molecule has 0 aliphatic carbocycles. The van der Waals surface area contributed by atoms with Crippen LogP contribution in [-0.4, -0.2) is 11.7 Å². The van der Waals surface area contributed by atoms with Crippen LogP contribution < -0.4 is 5.32 Å². The molecule has 2 aromatic carbocycles. The number of rotatable bonds is 4. The maximum atomic E-state index is 11.8. The summed E-state index contributed by atoms with van der Waals surface area (Å²) in [6.07, 6.45) is 0. The van der Waals surface area contributed by atoms with E-state index in [1.165, 1.54) is 17.3 Å². The molecule has 2 nitrogen and oxygen atoms in total. The highest BCUT2D eigenvalue weighted by Gasteiger charge is 2.05. The van der Waals surface area contributed by atoms with Gasteiger partial charge in [-0.15, -0.1) is 11.8 Å². The first-order chi connectivity index (χ1) is 9.15.